The predicted molar refractivity (Wildman–Crippen MR) is 62.1 cm³/mol. The van der Waals surface area contributed by atoms with Crippen LogP contribution in [-0.2, 0) is 17.0 Å². The summed E-state index contributed by atoms with van der Waals surface area (Å²) in [6, 6.07) is 4.21. The molecule has 1 aromatic heterocycles. The lowest BCUT2D eigenvalue weighted by atomic mass is 10.4. The van der Waals surface area contributed by atoms with Gasteiger partial charge in [-0.3, -0.25) is 4.79 Å². The van der Waals surface area contributed by atoms with Crippen LogP contribution in [0.5, 0.6) is 0 Å². The first kappa shape index (κ1) is 11.6. The van der Waals surface area contributed by atoms with Gasteiger partial charge in [-0.2, -0.15) is 0 Å². The van der Waals surface area contributed by atoms with E-state index in [0.717, 1.165) is 12.2 Å². The maximum atomic E-state index is 10.6. The van der Waals surface area contributed by atoms with Crippen molar-refractivity contribution in [2.45, 2.75) is 31.3 Å². The SMILES string of the molecule is CCc1ccc(CSC(C)C(=O)O)s1. The van der Waals surface area contributed by atoms with Gasteiger partial charge in [0.25, 0.3) is 0 Å². The molecule has 0 aliphatic carbocycles. The number of aryl methyl sites for hydroxylation is 1. The van der Waals surface area contributed by atoms with Crippen molar-refractivity contribution in [2.75, 3.05) is 0 Å². The van der Waals surface area contributed by atoms with Crippen molar-refractivity contribution >= 4 is 29.1 Å². The molecule has 0 saturated heterocycles. The van der Waals surface area contributed by atoms with Gasteiger partial charge in [0.2, 0.25) is 0 Å². The zero-order valence-electron chi connectivity index (χ0n) is 8.32. The summed E-state index contributed by atoms with van der Waals surface area (Å²) in [7, 11) is 0. The minimum atomic E-state index is -0.734. The van der Waals surface area contributed by atoms with E-state index in [0.29, 0.717) is 0 Å². The molecule has 78 valence electrons. The molecule has 1 heterocycles. The number of thiophene rings is 1. The molecular formula is C10H14O2S2. The van der Waals surface area contributed by atoms with Crippen molar-refractivity contribution in [3.63, 3.8) is 0 Å². The molecule has 0 amide bonds. The third kappa shape index (κ3) is 3.35. The molecule has 4 heteroatoms. The Balaban J connectivity index is 2.41. The van der Waals surface area contributed by atoms with Crippen LogP contribution in [0.25, 0.3) is 0 Å². The normalized spacial score (nSPS) is 12.7. The molecule has 14 heavy (non-hydrogen) atoms. The summed E-state index contributed by atoms with van der Waals surface area (Å²) in [4.78, 5) is 13.2. The fourth-order valence-corrected chi connectivity index (χ4v) is 2.81. The molecule has 0 aliphatic heterocycles. The Morgan fingerprint density at radius 3 is 2.71 bits per heavy atom. The Hall–Kier alpha value is -0.480. The minimum Gasteiger partial charge on any atom is -0.480 e. The molecule has 0 aromatic carbocycles. The third-order valence-electron chi connectivity index (χ3n) is 1.89. The molecule has 1 N–H and O–H groups in total. The highest BCUT2D eigenvalue weighted by Gasteiger charge is 2.11. The van der Waals surface area contributed by atoms with E-state index in [1.807, 2.05) is 0 Å². The molecule has 1 atom stereocenters. The lowest BCUT2D eigenvalue weighted by Gasteiger charge is -2.03. The van der Waals surface area contributed by atoms with Gasteiger partial charge in [-0.25, -0.2) is 0 Å². The molecule has 0 saturated carbocycles. The van der Waals surface area contributed by atoms with E-state index in [4.69, 9.17) is 5.11 Å². The smallest absolute Gasteiger partial charge is 0.316 e. The van der Waals surface area contributed by atoms with Gasteiger partial charge in [-0.1, -0.05) is 6.92 Å². The fraction of sp³-hybridized carbons (Fsp3) is 0.500. The van der Waals surface area contributed by atoms with Crippen molar-refractivity contribution in [1.82, 2.24) is 0 Å². The highest BCUT2D eigenvalue weighted by molar-refractivity contribution is 7.99. The second-order valence-electron chi connectivity index (χ2n) is 3.01. The summed E-state index contributed by atoms with van der Waals surface area (Å²) < 4.78 is 0. The number of thioether (sulfide) groups is 1. The predicted octanol–water partition coefficient (Wildman–Crippen LogP) is 3.02. The number of aliphatic carboxylic acids is 1. The summed E-state index contributed by atoms with van der Waals surface area (Å²) in [5.41, 5.74) is 0. The lowest BCUT2D eigenvalue weighted by molar-refractivity contribution is -0.136. The highest BCUT2D eigenvalue weighted by Crippen LogP contribution is 2.24. The molecule has 0 spiro atoms. The van der Waals surface area contributed by atoms with Gasteiger partial charge in [0.1, 0.15) is 0 Å². The van der Waals surface area contributed by atoms with Crippen LogP contribution >= 0.6 is 23.1 Å². The largest absolute Gasteiger partial charge is 0.480 e. The van der Waals surface area contributed by atoms with Gasteiger partial charge in [0.05, 0.1) is 5.25 Å². The van der Waals surface area contributed by atoms with E-state index in [9.17, 15) is 4.79 Å². The van der Waals surface area contributed by atoms with Gasteiger partial charge in [-0.05, 0) is 25.5 Å². The number of carboxylic acids is 1. The molecule has 0 aliphatic rings. The zero-order chi connectivity index (χ0) is 10.6. The Bertz CT molecular complexity index is 307. The Morgan fingerprint density at radius 1 is 1.57 bits per heavy atom. The molecule has 1 rings (SSSR count). The fourth-order valence-electron chi connectivity index (χ4n) is 0.968. The highest BCUT2D eigenvalue weighted by atomic mass is 32.2. The Morgan fingerprint density at radius 2 is 2.21 bits per heavy atom. The summed E-state index contributed by atoms with van der Waals surface area (Å²) in [6.07, 6.45) is 1.06. The van der Waals surface area contributed by atoms with Crippen LogP contribution < -0.4 is 0 Å². The van der Waals surface area contributed by atoms with E-state index in [1.54, 1.807) is 18.3 Å². The zero-order valence-corrected chi connectivity index (χ0v) is 9.95. The minimum absolute atomic E-state index is 0.317. The van der Waals surface area contributed by atoms with Crippen LogP contribution in [0, 0.1) is 0 Å². The van der Waals surface area contributed by atoms with Gasteiger partial charge < -0.3 is 5.11 Å². The molecular weight excluding hydrogens is 216 g/mol. The lowest BCUT2D eigenvalue weighted by Crippen LogP contribution is -2.11. The van der Waals surface area contributed by atoms with E-state index in [2.05, 4.69) is 19.1 Å². The van der Waals surface area contributed by atoms with Crippen molar-refractivity contribution in [3.8, 4) is 0 Å². The number of rotatable bonds is 5. The molecule has 1 unspecified atom stereocenters. The first-order valence-corrected chi connectivity index (χ1v) is 6.42. The summed E-state index contributed by atoms with van der Waals surface area (Å²) in [6.45, 7) is 3.85. The number of carboxylic acid groups (broad SMARTS) is 1. The Kier molecular flexibility index (Phi) is 4.48. The van der Waals surface area contributed by atoms with Crippen molar-refractivity contribution in [2.24, 2.45) is 0 Å². The number of carbonyl (C=O) groups is 1. The maximum Gasteiger partial charge on any atom is 0.316 e. The first-order chi connectivity index (χ1) is 6.63. The van der Waals surface area contributed by atoms with Crippen molar-refractivity contribution in [1.29, 1.82) is 0 Å². The Labute approximate surface area is 92.3 Å². The van der Waals surface area contributed by atoms with Crippen LogP contribution in [-0.4, -0.2) is 16.3 Å². The molecule has 2 nitrogen and oxygen atoms in total. The maximum absolute atomic E-state index is 10.6. The van der Waals surface area contributed by atoms with Crippen LogP contribution in [0.15, 0.2) is 12.1 Å². The summed E-state index contributed by atoms with van der Waals surface area (Å²) in [5.74, 6) is 0.0697. The van der Waals surface area contributed by atoms with Gasteiger partial charge in [0, 0.05) is 15.5 Å². The molecule has 1 aromatic rings. The van der Waals surface area contributed by atoms with Crippen molar-refractivity contribution < 1.29 is 9.90 Å². The van der Waals surface area contributed by atoms with E-state index < -0.39 is 5.97 Å². The van der Waals surface area contributed by atoms with E-state index in [-0.39, 0.29) is 5.25 Å². The summed E-state index contributed by atoms with van der Waals surface area (Å²) in [5, 5.41) is 8.38. The second-order valence-corrected chi connectivity index (χ2v) is 5.60. The second kappa shape index (κ2) is 5.41. The van der Waals surface area contributed by atoms with Gasteiger partial charge in [-0.15, -0.1) is 23.1 Å². The van der Waals surface area contributed by atoms with Crippen molar-refractivity contribution in [3.05, 3.63) is 21.9 Å². The topological polar surface area (TPSA) is 37.3 Å². The molecule has 0 bridgehead atoms. The number of hydrogen-bond donors (Lipinski definition) is 1. The monoisotopic (exact) mass is 230 g/mol. The quantitative estimate of drug-likeness (QED) is 0.845. The average molecular weight is 230 g/mol. The van der Waals surface area contributed by atoms with Crippen LogP contribution in [0.2, 0.25) is 0 Å². The van der Waals surface area contributed by atoms with Crippen LogP contribution in [0.4, 0.5) is 0 Å². The third-order valence-corrected chi connectivity index (χ3v) is 4.48. The molecule has 0 radical (unpaired) electrons. The van der Waals surface area contributed by atoms with Crippen LogP contribution in [0.3, 0.4) is 0 Å². The number of hydrogen-bond acceptors (Lipinski definition) is 3. The van der Waals surface area contributed by atoms with Crippen LogP contribution in [0.1, 0.15) is 23.6 Å². The standard InChI is InChI=1S/C10H14O2S2/c1-3-8-4-5-9(14-8)6-13-7(2)10(11)12/h4-5,7H,3,6H2,1-2H3,(H,11,12). The van der Waals surface area contributed by atoms with Gasteiger partial charge in [0.15, 0.2) is 0 Å². The summed E-state index contributed by atoms with van der Waals surface area (Å²) >= 11 is 3.25. The average Bonchev–Trinajstić information content (AvgIpc) is 2.61. The first-order valence-electron chi connectivity index (χ1n) is 4.55. The van der Waals surface area contributed by atoms with Gasteiger partial charge >= 0.3 is 5.97 Å². The molecule has 0 fully saturated rings. The van der Waals surface area contributed by atoms with E-state index >= 15 is 0 Å². The van der Waals surface area contributed by atoms with E-state index in [1.165, 1.54) is 21.5 Å².